The van der Waals surface area contributed by atoms with Crippen LogP contribution < -0.4 is 5.32 Å². The number of rotatable bonds is 10. The van der Waals surface area contributed by atoms with Crippen molar-refractivity contribution in [3.8, 4) is 0 Å². The van der Waals surface area contributed by atoms with E-state index in [0.29, 0.717) is 30.3 Å². The van der Waals surface area contributed by atoms with Crippen LogP contribution in [0.2, 0.25) is 5.02 Å². The van der Waals surface area contributed by atoms with E-state index in [2.05, 4.69) is 21.2 Å². The molecule has 0 saturated heterocycles. The fourth-order valence-corrected chi connectivity index (χ4v) is 4.18. The van der Waals surface area contributed by atoms with Crippen LogP contribution in [0.5, 0.6) is 0 Å². The number of hydrogen-bond acceptors (Lipinski definition) is 3. The summed E-state index contributed by atoms with van der Waals surface area (Å²) in [6.07, 6.45) is 0.558. The summed E-state index contributed by atoms with van der Waals surface area (Å²) in [7, 11) is 0. The third-order valence-corrected chi connectivity index (χ3v) is 6.18. The maximum absolute atomic E-state index is 13.1. The minimum Gasteiger partial charge on any atom is -0.355 e. The van der Waals surface area contributed by atoms with Crippen molar-refractivity contribution in [1.82, 2.24) is 10.2 Å². The third-order valence-electron chi connectivity index (χ3n) is 4.41. The van der Waals surface area contributed by atoms with Crippen LogP contribution in [-0.4, -0.2) is 35.1 Å². The van der Waals surface area contributed by atoms with Gasteiger partial charge in [-0.1, -0.05) is 58.7 Å². The van der Waals surface area contributed by atoms with Crippen LogP contribution in [0, 0.1) is 0 Å². The first-order chi connectivity index (χ1) is 13.9. The normalized spacial score (nSPS) is 11.7. The van der Waals surface area contributed by atoms with Crippen molar-refractivity contribution in [2.24, 2.45) is 0 Å². The van der Waals surface area contributed by atoms with Crippen molar-refractivity contribution in [2.75, 3.05) is 12.3 Å². The molecule has 0 saturated carbocycles. The first-order valence-corrected chi connectivity index (χ1v) is 11.9. The van der Waals surface area contributed by atoms with E-state index in [1.807, 2.05) is 50.2 Å². The average Bonchev–Trinajstić information content (AvgIpc) is 2.71. The lowest BCUT2D eigenvalue weighted by Crippen LogP contribution is -2.49. The Kier molecular flexibility index (Phi) is 10.0. The SMILES string of the molecule is CCNC(=O)[C@@H](CC)N(Cc1ccc(Cl)cc1)C(=O)CSCc1ccc(Br)cc1. The van der Waals surface area contributed by atoms with E-state index in [1.165, 1.54) is 0 Å². The third kappa shape index (κ3) is 7.68. The molecule has 2 aromatic rings. The van der Waals surface area contributed by atoms with Crippen molar-refractivity contribution in [3.63, 3.8) is 0 Å². The standard InChI is InChI=1S/C22H26BrClN2O2S/c1-3-20(22(28)25-4-2)26(13-16-7-11-19(24)12-8-16)21(27)15-29-14-17-5-9-18(23)10-6-17/h5-12,20H,3-4,13-15H2,1-2H3,(H,25,28)/t20-/m1/s1. The smallest absolute Gasteiger partial charge is 0.242 e. The van der Waals surface area contributed by atoms with E-state index in [1.54, 1.807) is 28.8 Å². The number of likely N-dealkylation sites (N-methyl/N-ethyl adjacent to an activating group) is 1. The van der Waals surface area contributed by atoms with Crippen LogP contribution in [-0.2, 0) is 21.9 Å². The Hall–Kier alpha value is -1.50. The van der Waals surface area contributed by atoms with Gasteiger partial charge < -0.3 is 10.2 Å². The van der Waals surface area contributed by atoms with Crippen LogP contribution in [0.15, 0.2) is 53.0 Å². The molecule has 0 radical (unpaired) electrons. The average molecular weight is 498 g/mol. The zero-order valence-corrected chi connectivity index (χ0v) is 19.8. The number of benzene rings is 2. The lowest BCUT2D eigenvalue weighted by Gasteiger charge is -2.30. The Bertz CT molecular complexity index is 799. The Morgan fingerprint density at radius 1 is 1.07 bits per heavy atom. The first kappa shape index (κ1) is 23.8. The molecular weight excluding hydrogens is 472 g/mol. The topological polar surface area (TPSA) is 49.4 Å². The highest BCUT2D eigenvalue weighted by atomic mass is 79.9. The van der Waals surface area contributed by atoms with E-state index in [0.717, 1.165) is 21.4 Å². The van der Waals surface area contributed by atoms with Gasteiger partial charge in [0.2, 0.25) is 11.8 Å². The molecule has 0 aliphatic carbocycles. The molecule has 0 fully saturated rings. The molecule has 7 heteroatoms. The molecule has 0 unspecified atom stereocenters. The number of carbonyl (C=O) groups excluding carboxylic acids is 2. The van der Waals surface area contributed by atoms with Crippen LogP contribution in [0.25, 0.3) is 0 Å². The molecule has 2 rings (SSSR count). The maximum Gasteiger partial charge on any atom is 0.242 e. The highest BCUT2D eigenvalue weighted by molar-refractivity contribution is 9.10. The highest BCUT2D eigenvalue weighted by Crippen LogP contribution is 2.19. The molecule has 1 N–H and O–H groups in total. The predicted octanol–water partition coefficient (Wildman–Crippen LogP) is 5.28. The molecule has 0 bridgehead atoms. The summed E-state index contributed by atoms with van der Waals surface area (Å²) in [4.78, 5) is 27.3. The van der Waals surface area contributed by atoms with E-state index < -0.39 is 6.04 Å². The van der Waals surface area contributed by atoms with Crippen molar-refractivity contribution in [3.05, 3.63) is 69.2 Å². The molecule has 4 nitrogen and oxygen atoms in total. The van der Waals surface area contributed by atoms with E-state index in [9.17, 15) is 9.59 Å². The summed E-state index contributed by atoms with van der Waals surface area (Å²) in [5.74, 6) is 0.904. The fraction of sp³-hybridized carbons (Fsp3) is 0.364. The summed E-state index contributed by atoms with van der Waals surface area (Å²) in [6.45, 7) is 4.72. The number of hydrogen-bond donors (Lipinski definition) is 1. The van der Waals surface area contributed by atoms with E-state index in [-0.39, 0.29) is 11.8 Å². The molecule has 2 amide bonds. The van der Waals surface area contributed by atoms with Gasteiger partial charge in [-0.05, 0) is 48.7 Å². The first-order valence-electron chi connectivity index (χ1n) is 9.58. The van der Waals surface area contributed by atoms with Gasteiger partial charge in [0.25, 0.3) is 0 Å². The molecule has 2 aromatic carbocycles. The second-order valence-corrected chi connectivity index (χ2v) is 8.92. The Balaban J connectivity index is 2.08. The number of amides is 2. The minimum absolute atomic E-state index is 0.0415. The predicted molar refractivity (Wildman–Crippen MR) is 125 cm³/mol. The molecule has 0 spiro atoms. The summed E-state index contributed by atoms with van der Waals surface area (Å²) in [5.41, 5.74) is 2.11. The second kappa shape index (κ2) is 12.3. The fourth-order valence-electron chi connectivity index (χ4n) is 2.92. The molecule has 0 aliphatic rings. The zero-order chi connectivity index (χ0) is 21.2. The Morgan fingerprint density at radius 2 is 1.69 bits per heavy atom. The van der Waals surface area contributed by atoms with Gasteiger partial charge in [-0.15, -0.1) is 11.8 Å². The van der Waals surface area contributed by atoms with Gasteiger partial charge in [0, 0.05) is 28.3 Å². The second-order valence-electron chi connectivity index (χ2n) is 6.59. The van der Waals surface area contributed by atoms with E-state index in [4.69, 9.17) is 11.6 Å². The number of thioether (sulfide) groups is 1. The van der Waals surface area contributed by atoms with Gasteiger partial charge in [-0.25, -0.2) is 0 Å². The number of halogens is 2. The lowest BCUT2D eigenvalue weighted by molar-refractivity contribution is -0.139. The van der Waals surface area contributed by atoms with Crippen LogP contribution in [0.3, 0.4) is 0 Å². The lowest BCUT2D eigenvalue weighted by atomic mass is 10.1. The van der Waals surface area contributed by atoms with Gasteiger partial charge in [-0.2, -0.15) is 0 Å². The van der Waals surface area contributed by atoms with Gasteiger partial charge in [0.05, 0.1) is 5.75 Å². The van der Waals surface area contributed by atoms with Gasteiger partial charge in [0.1, 0.15) is 6.04 Å². The van der Waals surface area contributed by atoms with Crippen molar-refractivity contribution < 1.29 is 9.59 Å². The number of nitrogens with one attached hydrogen (secondary N) is 1. The van der Waals surface area contributed by atoms with E-state index >= 15 is 0 Å². The van der Waals surface area contributed by atoms with Crippen molar-refractivity contribution in [1.29, 1.82) is 0 Å². The molecule has 0 aromatic heterocycles. The summed E-state index contributed by atoms with van der Waals surface area (Å²) >= 11 is 11.0. The molecule has 0 aliphatic heterocycles. The van der Waals surface area contributed by atoms with Gasteiger partial charge in [0.15, 0.2) is 0 Å². The Labute approximate surface area is 190 Å². The summed E-state index contributed by atoms with van der Waals surface area (Å²) < 4.78 is 1.03. The van der Waals surface area contributed by atoms with Crippen LogP contribution >= 0.6 is 39.3 Å². The largest absolute Gasteiger partial charge is 0.355 e. The zero-order valence-electron chi connectivity index (χ0n) is 16.7. The molecule has 29 heavy (non-hydrogen) atoms. The van der Waals surface area contributed by atoms with Crippen molar-refractivity contribution in [2.45, 2.75) is 38.6 Å². The number of nitrogens with zero attached hydrogens (tertiary/aromatic N) is 1. The molecule has 1 atom stereocenters. The molecule has 156 valence electrons. The molecule has 0 heterocycles. The summed E-state index contributed by atoms with van der Waals surface area (Å²) in [5, 5.41) is 3.49. The van der Waals surface area contributed by atoms with Gasteiger partial charge in [-0.3, -0.25) is 9.59 Å². The Morgan fingerprint density at radius 3 is 2.28 bits per heavy atom. The van der Waals surface area contributed by atoms with Crippen LogP contribution in [0.1, 0.15) is 31.4 Å². The molecular formula is C22H26BrClN2O2S. The quantitative estimate of drug-likeness (QED) is 0.486. The summed E-state index contributed by atoms with van der Waals surface area (Å²) in [6, 6.07) is 15.0. The monoisotopic (exact) mass is 496 g/mol. The van der Waals surface area contributed by atoms with Gasteiger partial charge >= 0.3 is 0 Å². The minimum atomic E-state index is -0.494. The van der Waals surface area contributed by atoms with Crippen LogP contribution in [0.4, 0.5) is 0 Å². The van der Waals surface area contributed by atoms with Crippen molar-refractivity contribution >= 4 is 51.1 Å². The number of carbonyl (C=O) groups is 2. The highest BCUT2D eigenvalue weighted by Gasteiger charge is 2.28. The maximum atomic E-state index is 13.1.